The third kappa shape index (κ3) is 2.39. The van der Waals surface area contributed by atoms with E-state index in [0.717, 1.165) is 43.4 Å². The molecular weight excluding hydrogens is 226 g/mol. The van der Waals surface area contributed by atoms with Crippen molar-refractivity contribution in [2.24, 2.45) is 17.8 Å². The van der Waals surface area contributed by atoms with Gasteiger partial charge in [0.05, 0.1) is 6.61 Å². The Kier molecular flexibility index (Phi) is 3.55. The van der Waals surface area contributed by atoms with Gasteiger partial charge in [-0.25, -0.2) is 4.98 Å². The first-order valence-electron chi connectivity index (χ1n) is 7.10. The highest BCUT2D eigenvalue weighted by Crippen LogP contribution is 2.48. The van der Waals surface area contributed by atoms with E-state index in [2.05, 4.69) is 21.1 Å². The molecule has 4 heteroatoms. The lowest BCUT2D eigenvalue weighted by Gasteiger charge is -2.22. The van der Waals surface area contributed by atoms with Crippen LogP contribution >= 0.6 is 0 Å². The van der Waals surface area contributed by atoms with Gasteiger partial charge in [0.1, 0.15) is 0 Å². The number of rotatable bonds is 6. The number of nitrogens with one attached hydrogen (secondary N) is 1. The summed E-state index contributed by atoms with van der Waals surface area (Å²) in [4.78, 5) is 4.39. The van der Waals surface area contributed by atoms with Crippen molar-refractivity contribution in [3.63, 3.8) is 0 Å². The average Bonchev–Trinajstić information content (AvgIpc) is 3.07. The van der Waals surface area contributed by atoms with E-state index in [1.807, 2.05) is 6.20 Å². The van der Waals surface area contributed by atoms with Crippen molar-refractivity contribution in [2.75, 3.05) is 25.6 Å². The van der Waals surface area contributed by atoms with Gasteiger partial charge in [-0.05, 0) is 37.0 Å². The van der Waals surface area contributed by atoms with E-state index in [1.54, 1.807) is 7.11 Å². The van der Waals surface area contributed by atoms with E-state index >= 15 is 0 Å². The zero-order valence-electron chi connectivity index (χ0n) is 11.1. The largest absolute Gasteiger partial charge is 0.383 e. The average molecular weight is 249 g/mol. The molecule has 3 atom stereocenters. The molecule has 0 spiro atoms. The number of hydrogen-bond donors (Lipinski definition) is 1. The van der Waals surface area contributed by atoms with Crippen LogP contribution in [0.4, 0.5) is 5.95 Å². The van der Waals surface area contributed by atoms with Gasteiger partial charge < -0.3 is 14.6 Å². The molecular formula is C14H23N3O. The minimum Gasteiger partial charge on any atom is -0.383 e. The topological polar surface area (TPSA) is 39.1 Å². The van der Waals surface area contributed by atoms with E-state index in [0.29, 0.717) is 0 Å². The Labute approximate surface area is 109 Å². The fourth-order valence-corrected chi connectivity index (χ4v) is 3.74. The highest BCUT2D eigenvalue weighted by molar-refractivity contribution is 5.25. The number of hydrogen-bond acceptors (Lipinski definition) is 3. The number of anilines is 1. The fraction of sp³-hybridized carbons (Fsp3) is 0.786. The van der Waals surface area contributed by atoms with Gasteiger partial charge in [-0.1, -0.05) is 6.42 Å². The van der Waals surface area contributed by atoms with Crippen LogP contribution in [0.25, 0.3) is 0 Å². The van der Waals surface area contributed by atoms with Crippen LogP contribution in [0.15, 0.2) is 12.4 Å². The van der Waals surface area contributed by atoms with Crippen LogP contribution in [0.2, 0.25) is 0 Å². The molecule has 1 aromatic rings. The molecule has 3 unspecified atom stereocenters. The molecule has 1 heterocycles. The normalized spacial score (nSPS) is 29.9. The molecule has 2 saturated carbocycles. The van der Waals surface area contributed by atoms with Crippen molar-refractivity contribution in [1.82, 2.24) is 9.55 Å². The summed E-state index contributed by atoms with van der Waals surface area (Å²) in [7, 11) is 1.73. The molecule has 4 nitrogen and oxygen atoms in total. The van der Waals surface area contributed by atoms with Gasteiger partial charge in [0.25, 0.3) is 0 Å². The van der Waals surface area contributed by atoms with Crippen LogP contribution in [0.5, 0.6) is 0 Å². The molecule has 0 amide bonds. The SMILES string of the molecule is COCCNc1nccn1CC1CC2CCC1C2. The molecule has 0 aromatic carbocycles. The molecule has 0 aliphatic heterocycles. The zero-order valence-corrected chi connectivity index (χ0v) is 11.1. The Hall–Kier alpha value is -1.03. The molecule has 3 rings (SSSR count). The quantitative estimate of drug-likeness (QED) is 0.787. The smallest absolute Gasteiger partial charge is 0.202 e. The molecule has 0 radical (unpaired) electrons. The molecule has 2 fully saturated rings. The second kappa shape index (κ2) is 5.31. The van der Waals surface area contributed by atoms with Crippen LogP contribution in [0.3, 0.4) is 0 Å². The van der Waals surface area contributed by atoms with E-state index in [-0.39, 0.29) is 0 Å². The third-order valence-electron chi connectivity index (χ3n) is 4.62. The molecule has 1 aromatic heterocycles. The monoisotopic (exact) mass is 249 g/mol. The lowest BCUT2D eigenvalue weighted by molar-refractivity contribution is 0.210. The zero-order chi connectivity index (χ0) is 12.4. The van der Waals surface area contributed by atoms with Gasteiger partial charge >= 0.3 is 0 Å². The Bertz CT molecular complexity index is 390. The lowest BCUT2D eigenvalue weighted by Crippen LogP contribution is -2.19. The summed E-state index contributed by atoms with van der Waals surface area (Å²) in [6, 6.07) is 0. The molecule has 0 saturated heterocycles. The van der Waals surface area contributed by atoms with Gasteiger partial charge in [-0.2, -0.15) is 0 Å². The van der Waals surface area contributed by atoms with Crippen molar-refractivity contribution in [3.05, 3.63) is 12.4 Å². The summed E-state index contributed by atoms with van der Waals surface area (Å²) in [6.07, 6.45) is 9.83. The van der Waals surface area contributed by atoms with Gasteiger partial charge in [-0.15, -0.1) is 0 Å². The second-order valence-corrected chi connectivity index (χ2v) is 5.76. The first kappa shape index (κ1) is 12.0. The summed E-state index contributed by atoms with van der Waals surface area (Å²) in [5.74, 6) is 3.87. The fourth-order valence-electron chi connectivity index (χ4n) is 3.74. The minimum absolute atomic E-state index is 0.723. The maximum atomic E-state index is 5.05. The Morgan fingerprint density at radius 3 is 3.11 bits per heavy atom. The van der Waals surface area contributed by atoms with E-state index in [1.165, 1.54) is 25.7 Å². The number of nitrogens with zero attached hydrogens (tertiary/aromatic N) is 2. The number of imidazole rings is 1. The van der Waals surface area contributed by atoms with Gasteiger partial charge in [0, 0.05) is 32.6 Å². The summed E-state index contributed by atoms with van der Waals surface area (Å²) < 4.78 is 7.33. The minimum atomic E-state index is 0.723. The van der Waals surface area contributed by atoms with Crippen LogP contribution in [-0.2, 0) is 11.3 Å². The van der Waals surface area contributed by atoms with Gasteiger partial charge in [0.2, 0.25) is 5.95 Å². The molecule has 2 aliphatic carbocycles. The lowest BCUT2D eigenvalue weighted by atomic mass is 9.89. The van der Waals surface area contributed by atoms with E-state index in [4.69, 9.17) is 4.74 Å². The number of fused-ring (bicyclic) bond motifs is 2. The highest BCUT2D eigenvalue weighted by atomic mass is 16.5. The standard InChI is InChI=1S/C14H23N3O/c1-18-7-5-16-14-15-4-6-17(14)10-13-9-11-2-3-12(13)8-11/h4,6,11-13H,2-3,5,7-10H2,1H3,(H,15,16). The van der Waals surface area contributed by atoms with Crippen molar-refractivity contribution < 1.29 is 4.74 Å². The molecule has 100 valence electrons. The Morgan fingerprint density at radius 2 is 2.39 bits per heavy atom. The number of ether oxygens (including phenoxy) is 1. The molecule has 2 aliphatic rings. The number of methoxy groups -OCH3 is 1. The molecule has 1 N–H and O–H groups in total. The van der Waals surface area contributed by atoms with Gasteiger partial charge in [-0.3, -0.25) is 0 Å². The van der Waals surface area contributed by atoms with E-state index in [9.17, 15) is 0 Å². The Balaban J connectivity index is 1.57. The van der Waals surface area contributed by atoms with Crippen molar-refractivity contribution in [3.8, 4) is 0 Å². The maximum absolute atomic E-state index is 5.05. The predicted molar refractivity (Wildman–Crippen MR) is 71.5 cm³/mol. The third-order valence-corrected chi connectivity index (χ3v) is 4.62. The van der Waals surface area contributed by atoms with Crippen LogP contribution < -0.4 is 5.32 Å². The van der Waals surface area contributed by atoms with E-state index < -0.39 is 0 Å². The van der Waals surface area contributed by atoms with Crippen LogP contribution in [0, 0.1) is 17.8 Å². The van der Waals surface area contributed by atoms with Crippen molar-refractivity contribution in [2.45, 2.75) is 32.2 Å². The molecule has 2 bridgehead atoms. The number of aromatic nitrogens is 2. The molecule has 18 heavy (non-hydrogen) atoms. The van der Waals surface area contributed by atoms with Gasteiger partial charge in [0.15, 0.2) is 0 Å². The second-order valence-electron chi connectivity index (χ2n) is 5.76. The van der Waals surface area contributed by atoms with Crippen molar-refractivity contribution >= 4 is 5.95 Å². The summed E-state index contributed by atoms with van der Waals surface area (Å²) in [5.41, 5.74) is 0. The predicted octanol–water partition coefficient (Wildman–Crippen LogP) is 2.38. The first-order chi connectivity index (χ1) is 8.86. The first-order valence-corrected chi connectivity index (χ1v) is 7.10. The summed E-state index contributed by atoms with van der Waals surface area (Å²) in [6.45, 7) is 2.68. The van der Waals surface area contributed by atoms with Crippen molar-refractivity contribution in [1.29, 1.82) is 0 Å². The Morgan fingerprint density at radius 1 is 1.44 bits per heavy atom. The maximum Gasteiger partial charge on any atom is 0.202 e. The highest BCUT2D eigenvalue weighted by Gasteiger charge is 2.39. The summed E-state index contributed by atoms with van der Waals surface area (Å²) >= 11 is 0. The summed E-state index contributed by atoms with van der Waals surface area (Å²) in [5, 5.41) is 3.34. The van der Waals surface area contributed by atoms with Crippen LogP contribution in [0.1, 0.15) is 25.7 Å². The van der Waals surface area contributed by atoms with Crippen LogP contribution in [-0.4, -0.2) is 29.8 Å².